The highest BCUT2D eigenvalue weighted by atomic mass is 19.4. The molecule has 13 nitrogen and oxygen atoms in total. The quantitative estimate of drug-likeness (QED) is 0.193. The number of aromatic amines is 1. The summed E-state index contributed by atoms with van der Waals surface area (Å²) in [6.45, 7) is -0.741. The Bertz CT molecular complexity index is 1690. The van der Waals surface area contributed by atoms with Crippen LogP contribution in [-0.4, -0.2) is 60.2 Å². The number of alkyl halides is 3. The van der Waals surface area contributed by atoms with Crippen molar-refractivity contribution in [1.29, 1.82) is 0 Å². The molecule has 42 heavy (non-hydrogen) atoms. The summed E-state index contributed by atoms with van der Waals surface area (Å²) in [4.78, 5) is 63.0. The van der Waals surface area contributed by atoms with Crippen LogP contribution in [0.4, 0.5) is 24.8 Å². The molecule has 0 bridgehead atoms. The molecule has 2 aromatic heterocycles. The molecule has 4 rings (SSSR count). The number of nitrogens with one attached hydrogen (secondary N) is 2. The van der Waals surface area contributed by atoms with Gasteiger partial charge in [-0.2, -0.15) is 18.2 Å². The summed E-state index contributed by atoms with van der Waals surface area (Å²) in [6, 6.07) is 9.23. The van der Waals surface area contributed by atoms with Gasteiger partial charge in [0, 0.05) is 11.3 Å². The molecule has 2 heterocycles. The summed E-state index contributed by atoms with van der Waals surface area (Å²) in [5.41, 5.74) is 4.45. The summed E-state index contributed by atoms with van der Waals surface area (Å²) < 4.78 is 40.4. The number of nitrogens with two attached hydrogens (primary N) is 1. The lowest BCUT2D eigenvalue weighted by Crippen LogP contribution is -2.41. The molecule has 1 atom stereocenters. The Hall–Kier alpha value is -5.54. The third-order valence-corrected chi connectivity index (χ3v) is 6.00. The van der Waals surface area contributed by atoms with Crippen LogP contribution in [0.2, 0.25) is 0 Å². The fourth-order valence-corrected chi connectivity index (χ4v) is 3.91. The number of carboxylic acids is 1. The topological polar surface area (TPSA) is 204 Å². The Balaban J connectivity index is 1.53. The van der Waals surface area contributed by atoms with E-state index in [-0.39, 0.29) is 52.6 Å². The predicted octanol–water partition coefficient (Wildman–Crippen LogP) is 1.91. The summed E-state index contributed by atoms with van der Waals surface area (Å²) >= 11 is 0. The van der Waals surface area contributed by atoms with E-state index in [1.807, 2.05) is 0 Å². The number of aliphatic carboxylic acids is 1. The zero-order valence-corrected chi connectivity index (χ0v) is 21.4. The largest absolute Gasteiger partial charge is 0.508 e. The second kappa shape index (κ2) is 11.9. The van der Waals surface area contributed by atoms with Crippen molar-refractivity contribution in [2.24, 2.45) is 0 Å². The number of hydrogen-bond donors (Lipinski definition) is 5. The van der Waals surface area contributed by atoms with Crippen molar-refractivity contribution in [1.82, 2.24) is 25.3 Å². The van der Waals surface area contributed by atoms with Crippen molar-refractivity contribution in [2.75, 3.05) is 10.6 Å². The molecule has 4 aromatic rings. The lowest BCUT2D eigenvalue weighted by Gasteiger charge is -2.24. The van der Waals surface area contributed by atoms with Gasteiger partial charge in [-0.1, -0.05) is 12.1 Å². The van der Waals surface area contributed by atoms with E-state index < -0.39 is 42.1 Å². The number of phenolic OH excluding ortho intramolecular Hbond substituents is 1. The second-order valence-electron chi connectivity index (χ2n) is 8.99. The molecule has 2 aromatic carbocycles. The van der Waals surface area contributed by atoms with Crippen molar-refractivity contribution >= 4 is 40.6 Å². The number of carbonyl (C=O) groups excluding carboxylic acids is 2. The molecule has 0 aliphatic heterocycles. The van der Waals surface area contributed by atoms with Crippen LogP contribution in [0.25, 0.3) is 11.2 Å². The number of carboxylic acid groups (broad SMARTS) is 1. The molecular weight excluding hydrogens is 563 g/mol. The molecule has 0 spiro atoms. The summed E-state index contributed by atoms with van der Waals surface area (Å²) in [5, 5.41) is 21.3. The second-order valence-corrected chi connectivity index (χ2v) is 8.99. The zero-order valence-electron chi connectivity index (χ0n) is 21.4. The molecule has 218 valence electrons. The van der Waals surface area contributed by atoms with Crippen LogP contribution >= 0.6 is 0 Å². The Morgan fingerprint density at radius 1 is 1.05 bits per heavy atom. The van der Waals surface area contributed by atoms with Crippen molar-refractivity contribution in [3.8, 4) is 5.75 Å². The SMILES string of the molecule is Nc1nc2ncc(CN(C(=O)C(F)(F)F)c3ccc(C(=O)N[C@@H](CCc4ccc(O)cc4)C(=O)O)cc3)nc2c(=O)[nH]1. The number of amides is 2. The maximum Gasteiger partial charge on any atom is 0.471 e. The molecule has 0 fully saturated rings. The number of halogens is 3. The first-order valence-corrected chi connectivity index (χ1v) is 12.1. The van der Waals surface area contributed by atoms with E-state index in [0.717, 1.165) is 36.0 Å². The van der Waals surface area contributed by atoms with Crippen molar-refractivity contribution in [3.63, 3.8) is 0 Å². The minimum absolute atomic E-state index is 0.0233. The van der Waals surface area contributed by atoms with Gasteiger partial charge in [0.1, 0.15) is 11.8 Å². The highest BCUT2D eigenvalue weighted by Gasteiger charge is 2.43. The van der Waals surface area contributed by atoms with Gasteiger partial charge in [-0.3, -0.25) is 24.3 Å². The van der Waals surface area contributed by atoms with Crippen LogP contribution in [0, 0.1) is 0 Å². The summed E-state index contributed by atoms with van der Waals surface area (Å²) in [7, 11) is 0. The molecule has 0 radical (unpaired) electrons. The molecule has 0 aliphatic rings. The summed E-state index contributed by atoms with van der Waals surface area (Å²) in [6.07, 6.45) is -3.94. The van der Waals surface area contributed by atoms with Gasteiger partial charge in [-0.05, 0) is 54.8 Å². The van der Waals surface area contributed by atoms with Crippen LogP contribution < -0.4 is 21.5 Å². The van der Waals surface area contributed by atoms with Crippen LogP contribution in [0.1, 0.15) is 28.0 Å². The number of benzene rings is 2. The number of aryl methyl sites for hydroxylation is 1. The fraction of sp³-hybridized carbons (Fsp3) is 0.192. The lowest BCUT2D eigenvalue weighted by molar-refractivity contribution is -0.170. The minimum atomic E-state index is -5.28. The van der Waals surface area contributed by atoms with E-state index in [4.69, 9.17) is 5.73 Å². The molecular formula is C26H22F3N7O6. The maximum atomic E-state index is 13.5. The molecule has 0 aliphatic carbocycles. The zero-order chi connectivity index (χ0) is 30.6. The first-order valence-electron chi connectivity index (χ1n) is 12.1. The van der Waals surface area contributed by atoms with Crippen LogP contribution in [0.5, 0.6) is 5.75 Å². The monoisotopic (exact) mass is 585 g/mol. The van der Waals surface area contributed by atoms with Gasteiger partial charge < -0.3 is 21.3 Å². The van der Waals surface area contributed by atoms with Gasteiger partial charge in [-0.25, -0.2) is 14.8 Å². The number of H-pyrrole nitrogens is 1. The fourth-order valence-electron chi connectivity index (χ4n) is 3.91. The molecule has 0 unspecified atom stereocenters. The molecule has 0 saturated carbocycles. The Labute approximate surface area is 233 Å². The predicted molar refractivity (Wildman–Crippen MR) is 141 cm³/mol. The highest BCUT2D eigenvalue weighted by molar-refractivity contribution is 5.99. The Kier molecular flexibility index (Phi) is 8.35. The van der Waals surface area contributed by atoms with E-state index in [0.29, 0.717) is 4.90 Å². The highest BCUT2D eigenvalue weighted by Crippen LogP contribution is 2.26. The first kappa shape index (κ1) is 29.4. The van der Waals surface area contributed by atoms with Gasteiger partial charge >= 0.3 is 18.1 Å². The number of nitrogen functional groups attached to an aromatic ring is 1. The first-order chi connectivity index (χ1) is 19.8. The molecule has 6 N–H and O–H groups in total. The van der Waals surface area contributed by atoms with E-state index in [2.05, 4.69) is 25.3 Å². The van der Waals surface area contributed by atoms with E-state index in [9.17, 15) is 42.6 Å². The van der Waals surface area contributed by atoms with Gasteiger partial charge in [0.15, 0.2) is 11.2 Å². The average molecular weight is 585 g/mol. The van der Waals surface area contributed by atoms with Crippen molar-refractivity contribution < 1.29 is 37.8 Å². The molecule has 16 heteroatoms. The number of rotatable bonds is 9. The van der Waals surface area contributed by atoms with Gasteiger partial charge in [0.25, 0.3) is 11.5 Å². The molecule has 2 amide bonds. The standard InChI is InChI=1S/C26H22F3N7O6/c27-26(28,29)24(42)36(12-15-11-31-20-19(32-15)22(39)35-25(30)34-20)16-6-4-14(5-7-16)21(38)33-18(23(40)41)10-3-13-1-8-17(37)9-2-13/h1-2,4-9,11,18,37H,3,10,12H2,(H,33,38)(H,40,41)(H3,30,31,34,35,39)/t18-/m0/s1. The maximum absolute atomic E-state index is 13.5. The third-order valence-electron chi connectivity index (χ3n) is 6.00. The number of fused-ring (bicyclic) bond motifs is 1. The Morgan fingerprint density at radius 3 is 2.33 bits per heavy atom. The van der Waals surface area contributed by atoms with E-state index in [1.54, 1.807) is 12.1 Å². The number of phenols is 1. The van der Waals surface area contributed by atoms with Crippen LogP contribution in [0.15, 0.2) is 59.5 Å². The van der Waals surface area contributed by atoms with Crippen molar-refractivity contribution in [2.45, 2.75) is 31.6 Å². The van der Waals surface area contributed by atoms with Crippen molar-refractivity contribution in [3.05, 3.63) is 81.9 Å². The third kappa shape index (κ3) is 6.96. The number of hydrogen-bond acceptors (Lipinski definition) is 9. The van der Waals surface area contributed by atoms with E-state index in [1.165, 1.54) is 12.1 Å². The van der Waals surface area contributed by atoms with Crippen LogP contribution in [-0.2, 0) is 22.6 Å². The van der Waals surface area contributed by atoms with E-state index >= 15 is 0 Å². The minimum Gasteiger partial charge on any atom is -0.508 e. The number of carbonyl (C=O) groups is 3. The summed E-state index contributed by atoms with van der Waals surface area (Å²) in [5.74, 6) is -4.54. The number of aromatic nitrogens is 4. The molecule has 0 saturated heterocycles. The van der Waals surface area contributed by atoms with Crippen LogP contribution in [0.3, 0.4) is 0 Å². The van der Waals surface area contributed by atoms with Gasteiger partial charge in [-0.15, -0.1) is 0 Å². The lowest BCUT2D eigenvalue weighted by atomic mass is 10.0. The Morgan fingerprint density at radius 2 is 1.71 bits per heavy atom. The number of nitrogens with zero attached hydrogens (tertiary/aromatic N) is 4. The van der Waals surface area contributed by atoms with Gasteiger partial charge in [0.2, 0.25) is 5.95 Å². The number of aromatic hydroxyl groups is 1. The van der Waals surface area contributed by atoms with Gasteiger partial charge in [0.05, 0.1) is 18.4 Å². The normalized spacial score (nSPS) is 12.1. The number of anilines is 2. The smallest absolute Gasteiger partial charge is 0.471 e. The average Bonchev–Trinajstić information content (AvgIpc) is 2.94.